The quantitative estimate of drug-likeness (QED) is 0.730. The Morgan fingerprint density at radius 3 is 2.81 bits per heavy atom. The monoisotopic (exact) mass is 225 g/mol. The highest BCUT2D eigenvalue weighted by Crippen LogP contribution is 2.52. The van der Waals surface area contributed by atoms with Crippen LogP contribution < -0.4 is 0 Å². The van der Waals surface area contributed by atoms with E-state index in [9.17, 15) is 14.7 Å². The molecule has 1 saturated heterocycles. The normalized spacial score (nSPS) is 31.5. The lowest BCUT2D eigenvalue weighted by molar-refractivity contribution is -0.156. The third-order valence-corrected chi connectivity index (χ3v) is 3.64. The molecule has 1 aliphatic heterocycles. The van der Waals surface area contributed by atoms with Crippen LogP contribution in [0.1, 0.15) is 12.8 Å². The van der Waals surface area contributed by atoms with Crippen molar-refractivity contribution < 1.29 is 19.4 Å². The summed E-state index contributed by atoms with van der Waals surface area (Å²) in [5.74, 6) is -0.691. The van der Waals surface area contributed by atoms with Crippen molar-refractivity contribution in [1.29, 1.82) is 0 Å². The molecule has 1 heterocycles. The first-order valence-corrected chi connectivity index (χ1v) is 5.36. The average molecular weight is 225 g/mol. The number of ether oxygens (including phenoxy) is 1. The van der Waals surface area contributed by atoms with Crippen molar-refractivity contribution in [3.05, 3.63) is 12.7 Å². The van der Waals surface area contributed by atoms with Gasteiger partial charge >= 0.3 is 12.1 Å². The molecule has 1 aliphatic carbocycles. The lowest BCUT2D eigenvalue weighted by Crippen LogP contribution is -2.46. The molecule has 0 spiro atoms. The number of likely N-dealkylation sites (tertiary alicyclic amines) is 1. The fraction of sp³-hybridized carbons (Fsp3) is 0.636. The molecule has 0 aromatic heterocycles. The Kier molecular flexibility index (Phi) is 2.61. The zero-order chi connectivity index (χ0) is 11.8. The number of carbonyl (C=O) groups excluding carboxylic acids is 1. The number of fused-ring (bicyclic) bond motifs is 1. The van der Waals surface area contributed by atoms with Crippen molar-refractivity contribution in [3.63, 3.8) is 0 Å². The number of amides is 1. The molecule has 0 bridgehead atoms. The van der Waals surface area contributed by atoms with Gasteiger partial charge in [0.1, 0.15) is 6.61 Å². The van der Waals surface area contributed by atoms with Crippen LogP contribution >= 0.6 is 0 Å². The number of carbonyl (C=O) groups is 2. The van der Waals surface area contributed by atoms with E-state index in [-0.39, 0.29) is 19.1 Å². The highest BCUT2D eigenvalue weighted by Gasteiger charge is 2.59. The second kappa shape index (κ2) is 3.81. The average Bonchev–Trinajstić information content (AvgIpc) is 2.49. The summed E-state index contributed by atoms with van der Waals surface area (Å²) >= 11 is 0. The van der Waals surface area contributed by atoms with E-state index in [1.807, 2.05) is 0 Å². The van der Waals surface area contributed by atoms with Crippen molar-refractivity contribution in [1.82, 2.24) is 4.90 Å². The van der Waals surface area contributed by atoms with Crippen LogP contribution in [-0.2, 0) is 9.53 Å². The van der Waals surface area contributed by atoms with Gasteiger partial charge in [-0.05, 0) is 18.8 Å². The second-order valence-corrected chi connectivity index (χ2v) is 4.44. The van der Waals surface area contributed by atoms with Crippen molar-refractivity contribution in [2.45, 2.75) is 12.8 Å². The fourth-order valence-corrected chi connectivity index (χ4v) is 2.55. The lowest BCUT2D eigenvalue weighted by atomic mass is 9.62. The Morgan fingerprint density at radius 2 is 2.38 bits per heavy atom. The van der Waals surface area contributed by atoms with Crippen LogP contribution in [0.15, 0.2) is 12.7 Å². The molecule has 5 nitrogen and oxygen atoms in total. The minimum Gasteiger partial charge on any atom is -0.481 e. The van der Waals surface area contributed by atoms with Crippen molar-refractivity contribution in [3.8, 4) is 0 Å². The number of rotatable bonds is 3. The summed E-state index contributed by atoms with van der Waals surface area (Å²) in [6.07, 6.45) is 2.61. The van der Waals surface area contributed by atoms with Gasteiger partial charge in [-0.25, -0.2) is 4.79 Å². The molecule has 2 unspecified atom stereocenters. The topological polar surface area (TPSA) is 66.8 Å². The predicted octanol–water partition coefficient (Wildman–Crippen LogP) is 1.11. The number of carboxylic acid groups (broad SMARTS) is 1. The lowest BCUT2D eigenvalue weighted by Gasteiger charge is -2.39. The third-order valence-electron chi connectivity index (χ3n) is 3.64. The molecular weight excluding hydrogens is 210 g/mol. The maximum absolute atomic E-state index is 11.6. The molecule has 2 fully saturated rings. The molecule has 5 heteroatoms. The fourth-order valence-electron chi connectivity index (χ4n) is 2.55. The van der Waals surface area contributed by atoms with Gasteiger partial charge in [0, 0.05) is 13.1 Å². The first kappa shape index (κ1) is 11.0. The zero-order valence-electron chi connectivity index (χ0n) is 9.02. The van der Waals surface area contributed by atoms with E-state index in [2.05, 4.69) is 6.58 Å². The van der Waals surface area contributed by atoms with E-state index >= 15 is 0 Å². The van der Waals surface area contributed by atoms with Crippen LogP contribution in [0.4, 0.5) is 4.79 Å². The maximum Gasteiger partial charge on any atom is 0.410 e. The molecule has 88 valence electrons. The summed E-state index contributed by atoms with van der Waals surface area (Å²) in [6, 6.07) is 0. The summed E-state index contributed by atoms with van der Waals surface area (Å²) in [4.78, 5) is 24.2. The molecule has 1 N–H and O–H groups in total. The molecule has 0 aromatic carbocycles. The van der Waals surface area contributed by atoms with E-state index in [1.54, 1.807) is 0 Å². The highest BCUT2D eigenvalue weighted by molar-refractivity contribution is 5.79. The van der Waals surface area contributed by atoms with E-state index < -0.39 is 17.5 Å². The highest BCUT2D eigenvalue weighted by atomic mass is 16.6. The van der Waals surface area contributed by atoms with Crippen molar-refractivity contribution >= 4 is 12.1 Å². The van der Waals surface area contributed by atoms with E-state index in [1.165, 1.54) is 11.0 Å². The minimum absolute atomic E-state index is 0.0984. The molecule has 0 aromatic rings. The molecule has 2 aliphatic rings. The minimum atomic E-state index is -0.789. The van der Waals surface area contributed by atoms with Gasteiger partial charge in [-0.1, -0.05) is 12.7 Å². The van der Waals surface area contributed by atoms with E-state index in [4.69, 9.17) is 4.74 Å². The van der Waals surface area contributed by atoms with Gasteiger partial charge in [0.15, 0.2) is 0 Å². The Bertz CT molecular complexity index is 341. The molecule has 16 heavy (non-hydrogen) atoms. The Balaban J connectivity index is 1.99. The van der Waals surface area contributed by atoms with Gasteiger partial charge in [-0.3, -0.25) is 4.79 Å². The van der Waals surface area contributed by atoms with Gasteiger partial charge in [0.25, 0.3) is 0 Å². The molecule has 0 radical (unpaired) electrons. The van der Waals surface area contributed by atoms with Crippen LogP contribution in [0.5, 0.6) is 0 Å². The number of nitrogens with zero attached hydrogens (tertiary/aromatic N) is 1. The molecule has 2 rings (SSSR count). The molecule has 2 atom stereocenters. The first-order chi connectivity index (χ1) is 7.60. The van der Waals surface area contributed by atoms with Crippen LogP contribution in [0.3, 0.4) is 0 Å². The van der Waals surface area contributed by atoms with Gasteiger partial charge < -0.3 is 14.7 Å². The standard InChI is InChI=1S/C11H15NO4/c1-2-5-16-10(15)12-6-8-3-4-11(8,7-12)9(13)14/h2,8H,1,3-7H2,(H,13,14). The van der Waals surface area contributed by atoms with Crippen LogP contribution in [-0.4, -0.2) is 41.8 Å². The summed E-state index contributed by atoms with van der Waals surface area (Å²) in [7, 11) is 0. The van der Waals surface area contributed by atoms with Crippen LogP contribution in [0, 0.1) is 11.3 Å². The van der Waals surface area contributed by atoms with Gasteiger partial charge in [0.05, 0.1) is 5.41 Å². The maximum atomic E-state index is 11.6. The number of hydrogen-bond acceptors (Lipinski definition) is 3. The zero-order valence-corrected chi connectivity index (χ0v) is 9.02. The van der Waals surface area contributed by atoms with Gasteiger partial charge in [-0.15, -0.1) is 0 Å². The molecular formula is C11H15NO4. The van der Waals surface area contributed by atoms with E-state index in [0.717, 1.165) is 6.42 Å². The van der Waals surface area contributed by atoms with Crippen molar-refractivity contribution in [2.75, 3.05) is 19.7 Å². The van der Waals surface area contributed by atoms with E-state index in [0.29, 0.717) is 13.0 Å². The smallest absolute Gasteiger partial charge is 0.410 e. The SMILES string of the molecule is C=CCOC(=O)N1CC2CCC2(C(=O)O)C1. The molecule has 1 amide bonds. The number of aliphatic carboxylic acids is 1. The summed E-state index contributed by atoms with van der Waals surface area (Å²) in [5.41, 5.74) is -0.701. The Hall–Kier alpha value is -1.52. The molecule has 1 saturated carbocycles. The van der Waals surface area contributed by atoms with Crippen LogP contribution in [0.2, 0.25) is 0 Å². The van der Waals surface area contributed by atoms with Gasteiger partial charge in [-0.2, -0.15) is 0 Å². The Labute approximate surface area is 93.7 Å². The summed E-state index contributed by atoms with van der Waals surface area (Å²) < 4.78 is 4.90. The van der Waals surface area contributed by atoms with Crippen LogP contribution in [0.25, 0.3) is 0 Å². The second-order valence-electron chi connectivity index (χ2n) is 4.44. The number of hydrogen-bond donors (Lipinski definition) is 1. The summed E-state index contributed by atoms with van der Waals surface area (Å²) in [6.45, 7) is 4.40. The summed E-state index contributed by atoms with van der Waals surface area (Å²) in [5, 5.41) is 9.17. The first-order valence-electron chi connectivity index (χ1n) is 5.36. The number of carboxylic acids is 1. The van der Waals surface area contributed by atoms with Gasteiger partial charge in [0.2, 0.25) is 0 Å². The Morgan fingerprint density at radius 1 is 1.62 bits per heavy atom. The third kappa shape index (κ3) is 1.47. The largest absolute Gasteiger partial charge is 0.481 e. The predicted molar refractivity (Wildman–Crippen MR) is 55.9 cm³/mol. The van der Waals surface area contributed by atoms with Crippen molar-refractivity contribution in [2.24, 2.45) is 11.3 Å².